The van der Waals surface area contributed by atoms with E-state index >= 15 is 0 Å². The zero-order valence-corrected chi connectivity index (χ0v) is 4.90. The van der Waals surface area contributed by atoms with Crippen LogP contribution in [0.3, 0.4) is 0 Å². The number of rotatable bonds is 0. The standard InChI is InChI=1S/C2ClF3OS/c3-8-1(7)2(4,5)6. The van der Waals surface area contributed by atoms with Gasteiger partial charge in [0.25, 0.3) is 0 Å². The first-order chi connectivity index (χ1) is 3.48. The summed E-state index contributed by atoms with van der Waals surface area (Å²) in [4.78, 5) is 9.54. The highest BCUT2D eigenvalue weighted by Crippen LogP contribution is 2.24. The summed E-state index contributed by atoms with van der Waals surface area (Å²) in [6, 6.07) is 0. The second-order valence-electron chi connectivity index (χ2n) is 0.862. The van der Waals surface area contributed by atoms with Gasteiger partial charge in [-0.25, -0.2) is 0 Å². The Hall–Kier alpha value is 0.1000. The number of hydrogen-bond donors (Lipinski definition) is 0. The molecule has 48 valence electrons. The Bertz CT molecular complexity index is 99.9. The van der Waals surface area contributed by atoms with Gasteiger partial charge < -0.3 is 0 Å². The molecule has 1 nitrogen and oxygen atoms in total. The molecule has 8 heavy (non-hydrogen) atoms. The van der Waals surface area contributed by atoms with Crippen LogP contribution in [0.15, 0.2) is 0 Å². The lowest BCUT2D eigenvalue weighted by Gasteiger charge is -1.97. The first-order valence-electron chi connectivity index (χ1n) is 1.38. The molecule has 0 fully saturated rings. The monoisotopic (exact) mass is 164 g/mol. The summed E-state index contributed by atoms with van der Waals surface area (Å²) in [5.41, 5.74) is 0. The number of carbonyl (C=O) groups is 1. The minimum Gasteiger partial charge on any atom is -0.276 e. The van der Waals surface area contributed by atoms with Crippen LogP contribution >= 0.6 is 21.7 Å². The number of alkyl halides is 3. The lowest BCUT2D eigenvalue weighted by Crippen LogP contribution is -2.17. The van der Waals surface area contributed by atoms with Gasteiger partial charge in [0.15, 0.2) is 0 Å². The molecule has 0 aliphatic rings. The molecule has 0 heterocycles. The molecule has 0 N–H and O–H groups in total. The van der Waals surface area contributed by atoms with E-state index in [2.05, 4.69) is 10.7 Å². The van der Waals surface area contributed by atoms with Gasteiger partial charge in [0, 0.05) is 11.0 Å². The minimum atomic E-state index is -4.80. The molecular formula is C2ClF3OS. The van der Waals surface area contributed by atoms with E-state index in [0.717, 1.165) is 0 Å². The summed E-state index contributed by atoms with van der Waals surface area (Å²) < 4.78 is 33.0. The summed E-state index contributed by atoms with van der Waals surface area (Å²) in [5.74, 6) is 0. The first-order valence-corrected chi connectivity index (χ1v) is 3.02. The molecule has 0 bridgehead atoms. The third-order valence-electron chi connectivity index (χ3n) is 0.302. The highest BCUT2D eigenvalue weighted by atomic mass is 35.7. The third-order valence-corrected chi connectivity index (χ3v) is 1.09. The third kappa shape index (κ3) is 2.42. The van der Waals surface area contributed by atoms with E-state index in [9.17, 15) is 18.0 Å². The Kier molecular flexibility index (Phi) is 2.62. The van der Waals surface area contributed by atoms with Crippen molar-refractivity contribution in [2.75, 3.05) is 0 Å². The minimum absolute atomic E-state index is 0.360. The second kappa shape index (κ2) is 2.59. The topological polar surface area (TPSA) is 17.1 Å². The Morgan fingerprint density at radius 1 is 1.50 bits per heavy atom. The van der Waals surface area contributed by atoms with Crippen LogP contribution in [0.2, 0.25) is 0 Å². The largest absolute Gasteiger partial charge is 0.462 e. The molecule has 0 saturated heterocycles. The molecule has 0 aromatic carbocycles. The first kappa shape index (κ1) is 8.10. The van der Waals surface area contributed by atoms with Gasteiger partial charge in [-0.3, -0.25) is 4.79 Å². The van der Waals surface area contributed by atoms with Crippen LogP contribution in [0.4, 0.5) is 13.2 Å². The van der Waals surface area contributed by atoms with Gasteiger partial charge in [-0.2, -0.15) is 13.2 Å². The van der Waals surface area contributed by atoms with Crippen molar-refractivity contribution in [3.8, 4) is 0 Å². The van der Waals surface area contributed by atoms with Crippen LogP contribution in [0, 0.1) is 0 Å². The lowest BCUT2D eigenvalue weighted by atomic mass is 10.8. The fourth-order valence-corrected chi connectivity index (χ4v) is 0.394. The maximum absolute atomic E-state index is 11.0. The molecule has 0 radical (unpaired) electrons. The van der Waals surface area contributed by atoms with Crippen molar-refractivity contribution in [3.63, 3.8) is 0 Å². The summed E-state index contributed by atoms with van der Waals surface area (Å²) in [6.45, 7) is 0. The van der Waals surface area contributed by atoms with Crippen molar-refractivity contribution in [1.82, 2.24) is 0 Å². The van der Waals surface area contributed by atoms with Gasteiger partial charge in [0.05, 0.1) is 0 Å². The van der Waals surface area contributed by atoms with Gasteiger partial charge >= 0.3 is 11.3 Å². The molecule has 0 aromatic heterocycles. The van der Waals surface area contributed by atoms with E-state index in [0.29, 0.717) is 0 Å². The van der Waals surface area contributed by atoms with Gasteiger partial charge in [0.2, 0.25) is 0 Å². The lowest BCUT2D eigenvalue weighted by molar-refractivity contribution is -0.160. The summed E-state index contributed by atoms with van der Waals surface area (Å²) in [6.07, 6.45) is -4.80. The SMILES string of the molecule is O=C(SCl)C(F)(F)F. The normalized spacial score (nSPS) is 11.5. The summed E-state index contributed by atoms with van der Waals surface area (Å²) in [5, 5.41) is -1.99. The van der Waals surface area contributed by atoms with E-state index in [1.165, 1.54) is 0 Å². The quantitative estimate of drug-likeness (QED) is 0.545. The molecule has 0 rings (SSSR count). The van der Waals surface area contributed by atoms with Gasteiger partial charge in [-0.1, -0.05) is 0 Å². The van der Waals surface area contributed by atoms with Crippen LogP contribution in [-0.2, 0) is 4.79 Å². The van der Waals surface area contributed by atoms with Crippen molar-refractivity contribution >= 4 is 26.8 Å². The molecule has 0 unspecified atom stereocenters. The predicted octanol–water partition coefficient (Wildman–Crippen LogP) is 1.96. The Morgan fingerprint density at radius 3 is 1.88 bits per heavy atom. The maximum Gasteiger partial charge on any atom is 0.462 e. The maximum atomic E-state index is 11.0. The van der Waals surface area contributed by atoms with Crippen molar-refractivity contribution in [2.45, 2.75) is 6.18 Å². The Balaban J connectivity index is 3.82. The average molecular weight is 165 g/mol. The second-order valence-corrected chi connectivity index (χ2v) is 1.85. The zero-order valence-electron chi connectivity index (χ0n) is 3.33. The molecular weight excluding hydrogens is 165 g/mol. The highest BCUT2D eigenvalue weighted by molar-refractivity contribution is 8.32. The number of halogens is 4. The fraction of sp³-hybridized carbons (Fsp3) is 0.500. The van der Waals surface area contributed by atoms with Crippen LogP contribution in [0.25, 0.3) is 0 Å². The molecule has 0 aliphatic heterocycles. The highest BCUT2D eigenvalue weighted by Gasteiger charge is 2.38. The molecule has 0 amide bonds. The average Bonchev–Trinajstić information content (AvgIpc) is 1.62. The zero-order chi connectivity index (χ0) is 6.78. The van der Waals surface area contributed by atoms with Crippen molar-refractivity contribution in [3.05, 3.63) is 0 Å². The smallest absolute Gasteiger partial charge is 0.276 e. The van der Waals surface area contributed by atoms with Crippen molar-refractivity contribution < 1.29 is 18.0 Å². The van der Waals surface area contributed by atoms with Crippen LogP contribution in [0.5, 0.6) is 0 Å². The van der Waals surface area contributed by atoms with Crippen LogP contribution < -0.4 is 0 Å². The van der Waals surface area contributed by atoms with E-state index in [1.807, 2.05) is 0 Å². The van der Waals surface area contributed by atoms with Gasteiger partial charge in [-0.05, 0) is 10.7 Å². The van der Waals surface area contributed by atoms with E-state index in [-0.39, 0.29) is 11.0 Å². The number of carbonyl (C=O) groups excluding carboxylic acids is 1. The Morgan fingerprint density at radius 2 is 1.88 bits per heavy atom. The van der Waals surface area contributed by atoms with Crippen molar-refractivity contribution in [2.24, 2.45) is 0 Å². The van der Waals surface area contributed by atoms with Gasteiger partial charge in [0.1, 0.15) is 0 Å². The van der Waals surface area contributed by atoms with E-state index in [4.69, 9.17) is 0 Å². The number of hydrogen-bond acceptors (Lipinski definition) is 2. The van der Waals surface area contributed by atoms with Crippen LogP contribution in [-0.4, -0.2) is 11.3 Å². The molecule has 6 heteroatoms. The fourth-order valence-electron chi connectivity index (χ4n) is 0.0437. The predicted molar refractivity (Wildman–Crippen MR) is 24.5 cm³/mol. The molecule has 0 atom stereocenters. The molecule has 0 spiro atoms. The molecule has 0 saturated carbocycles. The summed E-state index contributed by atoms with van der Waals surface area (Å²) >= 11 is 0. The van der Waals surface area contributed by atoms with Gasteiger partial charge in [-0.15, -0.1) is 0 Å². The van der Waals surface area contributed by atoms with E-state index in [1.54, 1.807) is 0 Å². The molecule has 0 aromatic rings. The van der Waals surface area contributed by atoms with E-state index < -0.39 is 11.3 Å². The van der Waals surface area contributed by atoms with Crippen LogP contribution in [0.1, 0.15) is 0 Å². The Labute approximate surface area is 51.7 Å². The molecule has 0 aliphatic carbocycles. The summed E-state index contributed by atoms with van der Waals surface area (Å²) in [7, 11) is 4.12. The van der Waals surface area contributed by atoms with Crippen molar-refractivity contribution in [1.29, 1.82) is 0 Å².